The lowest BCUT2D eigenvalue weighted by Gasteiger charge is -2.34. The molecule has 0 amide bonds. The minimum absolute atomic E-state index is 0.402. The van der Waals surface area contributed by atoms with E-state index < -0.39 is 10.0 Å². The van der Waals surface area contributed by atoms with Crippen molar-refractivity contribution in [3.63, 3.8) is 0 Å². The smallest absolute Gasteiger partial charge is 0.243 e. The molecule has 1 heterocycles. The van der Waals surface area contributed by atoms with E-state index in [2.05, 4.69) is 13.8 Å². The van der Waals surface area contributed by atoms with Crippen LogP contribution in [0.3, 0.4) is 0 Å². The first-order chi connectivity index (χ1) is 10.2. The molecule has 22 heavy (non-hydrogen) atoms. The van der Waals surface area contributed by atoms with Crippen LogP contribution in [-0.4, -0.2) is 32.9 Å². The van der Waals surface area contributed by atoms with Crippen molar-refractivity contribution in [2.24, 2.45) is 11.8 Å². The van der Waals surface area contributed by atoms with Gasteiger partial charge in [0, 0.05) is 13.1 Å². The van der Waals surface area contributed by atoms with E-state index in [1.807, 2.05) is 20.8 Å². The number of hydrogen-bond acceptors (Lipinski definition) is 3. The summed E-state index contributed by atoms with van der Waals surface area (Å²) in [6, 6.07) is 1.75. The Morgan fingerprint density at radius 3 is 2.14 bits per heavy atom. The Labute approximate surface area is 134 Å². The highest BCUT2D eigenvalue weighted by atomic mass is 32.2. The third-order valence-electron chi connectivity index (χ3n) is 4.64. The SMILES string of the molecule is COc1c(C)cc(S(=O)(=O)N2CC(C)CC(C)C2)c(C)c1C. The van der Waals surface area contributed by atoms with Gasteiger partial charge in [0.15, 0.2) is 0 Å². The van der Waals surface area contributed by atoms with Crippen LogP contribution in [0.2, 0.25) is 0 Å². The van der Waals surface area contributed by atoms with E-state index in [0.717, 1.165) is 28.9 Å². The molecule has 4 nitrogen and oxygen atoms in total. The highest BCUT2D eigenvalue weighted by Crippen LogP contribution is 2.34. The van der Waals surface area contributed by atoms with E-state index >= 15 is 0 Å². The molecule has 2 atom stereocenters. The van der Waals surface area contributed by atoms with Gasteiger partial charge in [-0.15, -0.1) is 0 Å². The summed E-state index contributed by atoms with van der Waals surface area (Å²) >= 11 is 0. The Bertz CT molecular complexity index is 657. The Kier molecular flexibility index (Phi) is 4.87. The van der Waals surface area contributed by atoms with E-state index in [9.17, 15) is 8.42 Å². The van der Waals surface area contributed by atoms with Crippen LogP contribution in [0.1, 0.15) is 37.0 Å². The van der Waals surface area contributed by atoms with E-state index in [0.29, 0.717) is 29.8 Å². The van der Waals surface area contributed by atoms with Crippen molar-refractivity contribution in [3.05, 3.63) is 22.8 Å². The van der Waals surface area contributed by atoms with Crippen molar-refractivity contribution in [2.75, 3.05) is 20.2 Å². The van der Waals surface area contributed by atoms with Crippen LogP contribution in [0.5, 0.6) is 5.75 Å². The van der Waals surface area contributed by atoms with Gasteiger partial charge in [0.2, 0.25) is 10.0 Å². The molecule has 1 aliphatic rings. The average molecular weight is 325 g/mol. The molecule has 0 radical (unpaired) electrons. The van der Waals surface area contributed by atoms with Gasteiger partial charge in [0.05, 0.1) is 12.0 Å². The maximum Gasteiger partial charge on any atom is 0.243 e. The lowest BCUT2D eigenvalue weighted by atomic mass is 9.94. The van der Waals surface area contributed by atoms with Gasteiger partial charge in [-0.1, -0.05) is 13.8 Å². The topological polar surface area (TPSA) is 46.6 Å². The number of aryl methyl sites for hydroxylation is 1. The number of piperidine rings is 1. The van der Waals surface area contributed by atoms with Crippen LogP contribution < -0.4 is 4.74 Å². The Balaban J connectivity index is 2.50. The Morgan fingerprint density at radius 1 is 1.09 bits per heavy atom. The molecule has 1 aromatic rings. The largest absolute Gasteiger partial charge is 0.496 e. The number of ether oxygens (including phenoxy) is 1. The van der Waals surface area contributed by atoms with Gasteiger partial charge < -0.3 is 4.74 Å². The van der Waals surface area contributed by atoms with Gasteiger partial charge in [-0.3, -0.25) is 0 Å². The molecule has 0 saturated carbocycles. The molecule has 2 unspecified atom stereocenters. The molecule has 0 N–H and O–H groups in total. The third-order valence-corrected chi connectivity index (χ3v) is 6.59. The van der Waals surface area contributed by atoms with Crippen LogP contribution in [0.25, 0.3) is 0 Å². The summed E-state index contributed by atoms with van der Waals surface area (Å²) in [5.41, 5.74) is 2.55. The van der Waals surface area contributed by atoms with Crippen LogP contribution >= 0.6 is 0 Å². The standard InChI is InChI=1S/C17H27NO3S/c1-11-7-12(2)10-18(9-11)22(19,20)16-8-13(3)17(21-6)15(5)14(16)4/h8,11-12H,7,9-10H2,1-6H3. The van der Waals surface area contributed by atoms with Crippen molar-refractivity contribution >= 4 is 10.0 Å². The van der Waals surface area contributed by atoms with Gasteiger partial charge in [0.25, 0.3) is 0 Å². The Hall–Kier alpha value is -1.07. The lowest BCUT2D eigenvalue weighted by Crippen LogP contribution is -2.42. The average Bonchev–Trinajstić information content (AvgIpc) is 2.42. The van der Waals surface area contributed by atoms with E-state index in [4.69, 9.17) is 4.74 Å². The third kappa shape index (κ3) is 3.01. The first-order valence-electron chi connectivity index (χ1n) is 7.83. The predicted molar refractivity (Wildman–Crippen MR) is 88.9 cm³/mol. The van der Waals surface area contributed by atoms with Crippen molar-refractivity contribution < 1.29 is 13.2 Å². The molecular formula is C17H27NO3S. The lowest BCUT2D eigenvalue weighted by molar-refractivity contribution is 0.222. The van der Waals surface area contributed by atoms with Gasteiger partial charge in [-0.2, -0.15) is 4.31 Å². The highest BCUT2D eigenvalue weighted by molar-refractivity contribution is 7.89. The summed E-state index contributed by atoms with van der Waals surface area (Å²) < 4.78 is 33.2. The predicted octanol–water partition coefficient (Wildman–Crippen LogP) is 3.29. The first kappa shape index (κ1) is 17.3. The van der Waals surface area contributed by atoms with Crippen LogP contribution in [0.15, 0.2) is 11.0 Å². The number of nitrogens with zero attached hydrogens (tertiary/aromatic N) is 1. The fourth-order valence-electron chi connectivity index (χ4n) is 3.54. The highest BCUT2D eigenvalue weighted by Gasteiger charge is 2.33. The molecule has 1 aromatic carbocycles. The van der Waals surface area contributed by atoms with Crippen molar-refractivity contribution in [3.8, 4) is 5.75 Å². The summed E-state index contributed by atoms with van der Waals surface area (Å²) in [5.74, 6) is 1.58. The zero-order valence-electron chi connectivity index (χ0n) is 14.4. The summed E-state index contributed by atoms with van der Waals surface area (Å²) in [6.07, 6.45) is 1.09. The maximum atomic E-state index is 13.1. The molecule has 0 aliphatic carbocycles. The quantitative estimate of drug-likeness (QED) is 0.857. The minimum atomic E-state index is -3.45. The van der Waals surface area contributed by atoms with Crippen LogP contribution in [0, 0.1) is 32.6 Å². The minimum Gasteiger partial charge on any atom is -0.496 e. The van der Waals surface area contributed by atoms with E-state index in [1.165, 1.54) is 0 Å². The maximum absolute atomic E-state index is 13.1. The second-order valence-corrected chi connectivity index (χ2v) is 8.65. The summed E-state index contributed by atoms with van der Waals surface area (Å²) in [7, 11) is -1.83. The summed E-state index contributed by atoms with van der Waals surface area (Å²) in [6.45, 7) is 11.1. The zero-order valence-corrected chi connectivity index (χ0v) is 15.3. The number of sulfonamides is 1. The number of rotatable bonds is 3. The Morgan fingerprint density at radius 2 is 1.64 bits per heavy atom. The molecular weight excluding hydrogens is 298 g/mol. The second-order valence-electron chi connectivity index (χ2n) is 6.74. The first-order valence-corrected chi connectivity index (χ1v) is 9.27. The molecule has 124 valence electrons. The number of methoxy groups -OCH3 is 1. The van der Waals surface area contributed by atoms with Gasteiger partial charge in [-0.05, 0) is 61.8 Å². The molecule has 0 bridgehead atoms. The summed E-state index contributed by atoms with van der Waals surface area (Å²) in [5, 5.41) is 0. The summed E-state index contributed by atoms with van der Waals surface area (Å²) in [4.78, 5) is 0.421. The molecule has 1 fully saturated rings. The zero-order chi connectivity index (χ0) is 16.7. The normalized spacial score (nSPS) is 23.5. The molecule has 0 spiro atoms. The van der Waals surface area contributed by atoms with Crippen LogP contribution in [0.4, 0.5) is 0 Å². The molecule has 0 aromatic heterocycles. The number of benzene rings is 1. The van der Waals surface area contributed by atoms with Gasteiger partial charge in [-0.25, -0.2) is 8.42 Å². The molecule has 5 heteroatoms. The van der Waals surface area contributed by atoms with Crippen molar-refractivity contribution in [1.29, 1.82) is 0 Å². The fraction of sp³-hybridized carbons (Fsp3) is 0.647. The molecule has 2 rings (SSSR count). The van der Waals surface area contributed by atoms with Crippen LogP contribution in [-0.2, 0) is 10.0 Å². The van der Waals surface area contributed by atoms with E-state index in [1.54, 1.807) is 17.5 Å². The molecule has 1 saturated heterocycles. The van der Waals surface area contributed by atoms with Crippen molar-refractivity contribution in [1.82, 2.24) is 4.31 Å². The van der Waals surface area contributed by atoms with Crippen molar-refractivity contribution in [2.45, 2.75) is 45.9 Å². The van der Waals surface area contributed by atoms with Gasteiger partial charge >= 0.3 is 0 Å². The number of hydrogen-bond donors (Lipinski definition) is 0. The van der Waals surface area contributed by atoms with Gasteiger partial charge in [0.1, 0.15) is 5.75 Å². The molecule has 1 aliphatic heterocycles. The monoisotopic (exact) mass is 325 g/mol. The second kappa shape index (κ2) is 6.20. The fourth-order valence-corrected chi connectivity index (χ4v) is 5.59. The van der Waals surface area contributed by atoms with E-state index in [-0.39, 0.29) is 0 Å².